The van der Waals surface area contributed by atoms with Gasteiger partial charge in [-0.25, -0.2) is 13.4 Å². The zero-order valence-corrected chi connectivity index (χ0v) is 15.9. The summed E-state index contributed by atoms with van der Waals surface area (Å²) in [5.74, 6) is 1.02. The maximum Gasteiger partial charge on any atom is 0.244 e. The Bertz CT molecular complexity index is 947. The maximum absolute atomic E-state index is 12.5. The monoisotopic (exact) mass is 389 g/mol. The van der Waals surface area contributed by atoms with E-state index in [1.807, 2.05) is 22.5 Å². The van der Waals surface area contributed by atoms with Gasteiger partial charge < -0.3 is 14.8 Å². The van der Waals surface area contributed by atoms with Crippen molar-refractivity contribution in [3.8, 4) is 0 Å². The van der Waals surface area contributed by atoms with E-state index in [-0.39, 0.29) is 29.4 Å². The minimum Gasteiger partial charge on any atom is -0.368 e. The van der Waals surface area contributed by atoms with Crippen LogP contribution in [0.1, 0.15) is 18.7 Å². The third kappa shape index (κ3) is 3.57. The van der Waals surface area contributed by atoms with E-state index in [1.54, 1.807) is 30.6 Å². The molecule has 1 amide bonds. The summed E-state index contributed by atoms with van der Waals surface area (Å²) in [5, 5.41) is 3.30. The molecule has 0 bridgehead atoms. The Morgan fingerprint density at radius 2 is 2.00 bits per heavy atom. The van der Waals surface area contributed by atoms with Gasteiger partial charge in [0.15, 0.2) is 0 Å². The molecule has 1 unspecified atom stereocenters. The zero-order chi connectivity index (χ0) is 19.0. The molecule has 1 atom stereocenters. The summed E-state index contributed by atoms with van der Waals surface area (Å²) in [5.41, 5.74) is 0.635. The Hall–Kier alpha value is -2.39. The van der Waals surface area contributed by atoms with Gasteiger partial charge in [0.25, 0.3) is 0 Å². The predicted octanol–water partition coefficient (Wildman–Crippen LogP) is 1.16. The smallest absolute Gasteiger partial charge is 0.244 e. The number of carbonyl (C=O) groups excluding carboxylic acids is 1. The van der Waals surface area contributed by atoms with E-state index in [1.165, 1.54) is 0 Å². The standard InChI is InChI=1S/C18H23N5O3S/c1-13-19-8-11-23(13)12-17(24)22-9-6-14(7-10-22)18-20-15-4-2-3-5-16(15)27(25,26)21-18/h2-5,8,11,14,18,20-21H,6-7,9-10,12H2,1H3. The number of nitrogens with zero attached hydrogens (tertiary/aromatic N) is 3. The van der Waals surface area contributed by atoms with Crippen LogP contribution in [0.25, 0.3) is 0 Å². The largest absolute Gasteiger partial charge is 0.368 e. The summed E-state index contributed by atoms with van der Waals surface area (Å²) in [6, 6.07) is 6.92. The molecule has 2 aliphatic rings. The van der Waals surface area contributed by atoms with Gasteiger partial charge in [0.05, 0.1) is 11.9 Å². The van der Waals surface area contributed by atoms with Gasteiger partial charge in [-0.3, -0.25) is 4.79 Å². The lowest BCUT2D eigenvalue weighted by atomic mass is 9.93. The van der Waals surface area contributed by atoms with Crippen molar-refractivity contribution in [2.24, 2.45) is 5.92 Å². The first-order valence-electron chi connectivity index (χ1n) is 9.07. The highest BCUT2D eigenvalue weighted by Gasteiger charge is 2.35. The van der Waals surface area contributed by atoms with Crippen LogP contribution in [0.15, 0.2) is 41.6 Å². The molecule has 2 aliphatic heterocycles. The summed E-state index contributed by atoms with van der Waals surface area (Å²) in [7, 11) is -3.51. The number of sulfonamides is 1. The molecule has 1 aromatic carbocycles. The molecule has 1 fully saturated rings. The van der Waals surface area contributed by atoms with Crippen molar-refractivity contribution in [2.45, 2.75) is 37.4 Å². The van der Waals surface area contributed by atoms with Crippen LogP contribution in [-0.2, 0) is 21.4 Å². The molecule has 1 saturated heterocycles. The number of piperidine rings is 1. The summed E-state index contributed by atoms with van der Waals surface area (Å²) in [6.45, 7) is 3.41. The van der Waals surface area contributed by atoms with Crippen molar-refractivity contribution in [1.29, 1.82) is 0 Å². The molecule has 144 valence electrons. The summed E-state index contributed by atoms with van der Waals surface area (Å²) >= 11 is 0. The molecule has 2 N–H and O–H groups in total. The van der Waals surface area contributed by atoms with Crippen LogP contribution in [0.2, 0.25) is 0 Å². The Kier molecular flexibility index (Phi) is 4.65. The SMILES string of the molecule is Cc1nccn1CC(=O)N1CCC(C2Nc3ccccc3S(=O)(=O)N2)CC1. The number of nitrogens with one attached hydrogen (secondary N) is 2. The van der Waals surface area contributed by atoms with E-state index < -0.39 is 10.0 Å². The highest BCUT2D eigenvalue weighted by molar-refractivity contribution is 7.89. The van der Waals surface area contributed by atoms with E-state index in [9.17, 15) is 13.2 Å². The molecule has 3 heterocycles. The van der Waals surface area contributed by atoms with Gasteiger partial charge in [-0.1, -0.05) is 12.1 Å². The predicted molar refractivity (Wildman–Crippen MR) is 100 cm³/mol. The Morgan fingerprint density at radius 1 is 1.26 bits per heavy atom. The van der Waals surface area contributed by atoms with Crippen molar-refractivity contribution in [3.05, 3.63) is 42.5 Å². The fourth-order valence-electron chi connectivity index (χ4n) is 3.76. The number of anilines is 1. The van der Waals surface area contributed by atoms with Crippen molar-refractivity contribution in [2.75, 3.05) is 18.4 Å². The molecule has 0 aliphatic carbocycles. The Labute approximate surface area is 158 Å². The molecule has 4 rings (SSSR count). The highest BCUT2D eigenvalue weighted by atomic mass is 32.2. The molecule has 2 aromatic rings. The minimum absolute atomic E-state index is 0.0667. The lowest BCUT2D eigenvalue weighted by Gasteiger charge is -2.39. The third-order valence-electron chi connectivity index (χ3n) is 5.36. The molecular weight excluding hydrogens is 366 g/mol. The van der Waals surface area contributed by atoms with E-state index >= 15 is 0 Å². The van der Waals surface area contributed by atoms with Crippen molar-refractivity contribution in [1.82, 2.24) is 19.2 Å². The number of hydrogen-bond acceptors (Lipinski definition) is 5. The number of aryl methyl sites for hydroxylation is 1. The molecule has 0 saturated carbocycles. The van der Waals surface area contributed by atoms with E-state index in [4.69, 9.17) is 0 Å². The van der Waals surface area contributed by atoms with Crippen molar-refractivity contribution < 1.29 is 13.2 Å². The molecule has 8 nitrogen and oxygen atoms in total. The average Bonchev–Trinajstić information content (AvgIpc) is 3.06. The molecule has 0 radical (unpaired) electrons. The van der Waals surface area contributed by atoms with Gasteiger partial charge >= 0.3 is 0 Å². The normalized spacial score (nSPS) is 22.1. The Morgan fingerprint density at radius 3 is 2.70 bits per heavy atom. The van der Waals surface area contributed by atoms with Crippen molar-refractivity contribution in [3.63, 3.8) is 0 Å². The van der Waals surface area contributed by atoms with Gasteiger partial charge in [0.1, 0.15) is 17.3 Å². The number of likely N-dealkylation sites (tertiary alicyclic amines) is 1. The molecular formula is C18H23N5O3S. The second kappa shape index (κ2) is 6.97. The topological polar surface area (TPSA) is 96.3 Å². The maximum atomic E-state index is 12.5. The van der Waals surface area contributed by atoms with E-state index in [0.29, 0.717) is 18.8 Å². The first kappa shape index (κ1) is 18.0. The van der Waals surface area contributed by atoms with Crippen LogP contribution < -0.4 is 10.0 Å². The molecule has 27 heavy (non-hydrogen) atoms. The third-order valence-corrected chi connectivity index (χ3v) is 6.86. The number of imidazole rings is 1. The number of amides is 1. The van der Waals surface area contributed by atoms with Gasteiger partial charge in [-0.05, 0) is 37.8 Å². The van der Waals surface area contributed by atoms with Crippen LogP contribution in [0, 0.1) is 12.8 Å². The fourth-order valence-corrected chi connectivity index (χ4v) is 5.15. The summed E-state index contributed by atoms with van der Waals surface area (Å²) in [6.07, 6.45) is 4.64. The first-order chi connectivity index (χ1) is 12.9. The second-order valence-electron chi connectivity index (χ2n) is 7.06. The molecule has 9 heteroatoms. The van der Waals surface area contributed by atoms with Gasteiger partial charge in [0, 0.05) is 25.5 Å². The molecule has 1 aromatic heterocycles. The highest BCUT2D eigenvalue weighted by Crippen LogP contribution is 2.30. The quantitative estimate of drug-likeness (QED) is 0.821. The zero-order valence-electron chi connectivity index (χ0n) is 15.1. The minimum atomic E-state index is -3.51. The van der Waals surface area contributed by atoms with Crippen LogP contribution in [0.4, 0.5) is 5.69 Å². The van der Waals surface area contributed by atoms with Gasteiger partial charge in [0.2, 0.25) is 15.9 Å². The number of fused-ring (bicyclic) bond motifs is 1. The van der Waals surface area contributed by atoms with Crippen LogP contribution in [0.5, 0.6) is 0 Å². The van der Waals surface area contributed by atoms with Gasteiger partial charge in [-0.2, -0.15) is 4.72 Å². The lowest BCUT2D eigenvalue weighted by molar-refractivity contribution is -0.133. The lowest BCUT2D eigenvalue weighted by Crippen LogP contribution is -2.52. The number of aromatic nitrogens is 2. The first-order valence-corrected chi connectivity index (χ1v) is 10.6. The van der Waals surface area contributed by atoms with Crippen molar-refractivity contribution >= 4 is 21.6 Å². The summed E-state index contributed by atoms with van der Waals surface area (Å²) in [4.78, 5) is 18.8. The number of hydrogen-bond donors (Lipinski definition) is 2. The number of carbonyl (C=O) groups is 1. The number of para-hydroxylation sites is 1. The van der Waals surface area contributed by atoms with Crippen LogP contribution >= 0.6 is 0 Å². The molecule has 0 spiro atoms. The second-order valence-corrected chi connectivity index (χ2v) is 8.74. The van der Waals surface area contributed by atoms with Gasteiger partial charge in [-0.15, -0.1) is 0 Å². The van der Waals surface area contributed by atoms with E-state index in [0.717, 1.165) is 18.7 Å². The van der Waals surface area contributed by atoms with Crippen LogP contribution in [-0.4, -0.2) is 48.0 Å². The van der Waals surface area contributed by atoms with E-state index in [2.05, 4.69) is 15.0 Å². The number of rotatable bonds is 3. The fraction of sp³-hybridized carbons (Fsp3) is 0.444. The summed E-state index contributed by atoms with van der Waals surface area (Å²) < 4.78 is 29.6. The average molecular weight is 389 g/mol. The Balaban J connectivity index is 1.38. The number of benzene rings is 1. The van der Waals surface area contributed by atoms with Crippen LogP contribution in [0.3, 0.4) is 0 Å².